The number of halogens is 3. The molecule has 2 aromatic carbocycles. The van der Waals surface area contributed by atoms with Crippen molar-refractivity contribution in [2.45, 2.75) is 6.18 Å². The van der Waals surface area contributed by atoms with E-state index in [0.717, 1.165) is 23.2 Å². The van der Waals surface area contributed by atoms with E-state index in [1.807, 2.05) is 28.8 Å². The Balaban J connectivity index is 1.88. The smallest absolute Gasteiger partial charge is 0.322 e. The summed E-state index contributed by atoms with van der Waals surface area (Å²) in [6, 6.07) is 13.9. The lowest BCUT2D eigenvalue weighted by atomic mass is 10.1. The van der Waals surface area contributed by atoms with Gasteiger partial charge in [-0.05, 0) is 48.5 Å². The molecule has 7 heteroatoms. The summed E-state index contributed by atoms with van der Waals surface area (Å²) in [5.74, 6) is -0.343. The van der Waals surface area contributed by atoms with Gasteiger partial charge in [0.05, 0.1) is 27.8 Å². The molecule has 2 aromatic heterocycles. The molecule has 4 nitrogen and oxygen atoms in total. The van der Waals surface area contributed by atoms with Gasteiger partial charge in [0.2, 0.25) is 5.91 Å². The number of rotatable bonds is 3. The fourth-order valence-corrected chi connectivity index (χ4v) is 3.08. The Hall–Kier alpha value is -3.61. The maximum Gasteiger partial charge on any atom is 0.416 e. The maximum absolute atomic E-state index is 12.9. The number of nitrogens with zero attached hydrogens (tertiary/aromatic N) is 2. The second-order valence-electron chi connectivity index (χ2n) is 6.20. The second kappa shape index (κ2) is 6.53. The van der Waals surface area contributed by atoms with Crippen molar-refractivity contribution in [2.75, 3.05) is 5.32 Å². The number of carbonyl (C=O) groups excluding carboxylic acids is 1. The third-order valence-electron chi connectivity index (χ3n) is 4.40. The van der Waals surface area contributed by atoms with Crippen LogP contribution in [0.25, 0.3) is 27.8 Å². The molecule has 0 fully saturated rings. The lowest BCUT2D eigenvalue weighted by Crippen LogP contribution is -2.07. The number of hydrogen-bond donors (Lipinski definition) is 1. The van der Waals surface area contributed by atoms with Crippen molar-refractivity contribution in [3.8, 4) is 11.3 Å². The maximum atomic E-state index is 12.9. The number of aromatic nitrogens is 2. The Morgan fingerprint density at radius 2 is 1.82 bits per heavy atom. The fourth-order valence-electron chi connectivity index (χ4n) is 3.08. The van der Waals surface area contributed by atoms with Crippen molar-refractivity contribution in [1.29, 1.82) is 0 Å². The van der Waals surface area contributed by atoms with Crippen LogP contribution in [0.1, 0.15) is 5.56 Å². The quantitative estimate of drug-likeness (QED) is 0.490. The first-order valence-corrected chi connectivity index (χ1v) is 8.39. The molecular formula is C21H14F3N3O. The molecular weight excluding hydrogens is 367 g/mol. The molecule has 0 aliphatic carbocycles. The summed E-state index contributed by atoms with van der Waals surface area (Å²) < 4.78 is 40.5. The van der Waals surface area contributed by atoms with Gasteiger partial charge in [-0.25, -0.2) is 4.98 Å². The van der Waals surface area contributed by atoms with Crippen molar-refractivity contribution in [1.82, 2.24) is 9.38 Å². The van der Waals surface area contributed by atoms with E-state index in [0.29, 0.717) is 22.5 Å². The number of anilines is 1. The van der Waals surface area contributed by atoms with Crippen LogP contribution in [-0.4, -0.2) is 15.3 Å². The van der Waals surface area contributed by atoms with E-state index in [4.69, 9.17) is 0 Å². The summed E-state index contributed by atoms with van der Waals surface area (Å²) in [6.07, 6.45) is -1.37. The van der Waals surface area contributed by atoms with Crippen LogP contribution in [0.5, 0.6) is 0 Å². The predicted molar refractivity (Wildman–Crippen MR) is 102 cm³/mol. The van der Waals surface area contributed by atoms with Crippen LogP contribution in [0.2, 0.25) is 0 Å². The van der Waals surface area contributed by atoms with Gasteiger partial charge in [-0.1, -0.05) is 18.7 Å². The van der Waals surface area contributed by atoms with Gasteiger partial charge in [0.1, 0.15) is 0 Å². The highest BCUT2D eigenvalue weighted by atomic mass is 19.4. The van der Waals surface area contributed by atoms with Gasteiger partial charge in [0.25, 0.3) is 0 Å². The Kier molecular flexibility index (Phi) is 4.15. The van der Waals surface area contributed by atoms with Crippen LogP contribution >= 0.6 is 0 Å². The third kappa shape index (κ3) is 3.11. The van der Waals surface area contributed by atoms with Crippen molar-refractivity contribution < 1.29 is 18.0 Å². The molecule has 2 heterocycles. The number of fused-ring (bicyclic) bond motifs is 3. The van der Waals surface area contributed by atoms with E-state index >= 15 is 0 Å². The van der Waals surface area contributed by atoms with E-state index in [1.165, 1.54) is 18.2 Å². The first kappa shape index (κ1) is 17.8. The molecule has 0 bridgehead atoms. The summed E-state index contributed by atoms with van der Waals surface area (Å²) in [6.45, 7) is 3.42. The Morgan fingerprint density at radius 3 is 2.50 bits per heavy atom. The topological polar surface area (TPSA) is 46.4 Å². The molecule has 1 N–H and O–H groups in total. The molecule has 0 saturated carbocycles. The fraction of sp³-hybridized carbons (Fsp3) is 0.0476. The van der Waals surface area contributed by atoms with Crippen molar-refractivity contribution in [2.24, 2.45) is 0 Å². The molecule has 1 amide bonds. The van der Waals surface area contributed by atoms with Crippen LogP contribution in [0.3, 0.4) is 0 Å². The highest BCUT2D eigenvalue weighted by Crippen LogP contribution is 2.33. The molecule has 0 spiro atoms. The summed E-state index contributed by atoms with van der Waals surface area (Å²) in [7, 11) is 0. The van der Waals surface area contributed by atoms with E-state index in [1.54, 1.807) is 12.1 Å². The molecule has 0 aliphatic rings. The molecule has 0 radical (unpaired) electrons. The zero-order valence-electron chi connectivity index (χ0n) is 14.5. The Labute approximate surface area is 157 Å². The summed E-state index contributed by atoms with van der Waals surface area (Å²) in [4.78, 5) is 16.2. The van der Waals surface area contributed by atoms with Gasteiger partial charge in [-0.3, -0.25) is 4.79 Å². The van der Waals surface area contributed by atoms with E-state index in [-0.39, 0.29) is 5.91 Å². The number of carbonyl (C=O) groups is 1. The molecule has 0 aliphatic heterocycles. The number of nitrogens with one attached hydrogen (secondary N) is 1. The zero-order valence-corrected chi connectivity index (χ0v) is 14.5. The zero-order chi connectivity index (χ0) is 19.9. The van der Waals surface area contributed by atoms with Crippen molar-refractivity contribution in [3.63, 3.8) is 0 Å². The first-order valence-electron chi connectivity index (χ1n) is 8.39. The van der Waals surface area contributed by atoms with Gasteiger partial charge in [0, 0.05) is 17.4 Å². The molecule has 28 heavy (non-hydrogen) atoms. The van der Waals surface area contributed by atoms with Crippen molar-refractivity contribution in [3.05, 3.63) is 79.0 Å². The van der Waals surface area contributed by atoms with Crippen LogP contribution in [0.15, 0.2) is 73.4 Å². The average Bonchev–Trinajstić information content (AvgIpc) is 3.16. The molecule has 0 saturated heterocycles. The third-order valence-corrected chi connectivity index (χ3v) is 4.40. The molecule has 140 valence electrons. The van der Waals surface area contributed by atoms with Crippen LogP contribution in [0, 0.1) is 0 Å². The molecule has 4 aromatic rings. The summed E-state index contributed by atoms with van der Waals surface area (Å²) in [5, 5.41) is 2.68. The number of alkyl halides is 3. The molecule has 4 rings (SSSR count). The van der Waals surface area contributed by atoms with Gasteiger partial charge < -0.3 is 9.72 Å². The highest BCUT2D eigenvalue weighted by molar-refractivity contribution is 6.00. The van der Waals surface area contributed by atoms with Gasteiger partial charge >= 0.3 is 6.18 Å². The first-order chi connectivity index (χ1) is 13.4. The Bertz CT molecular complexity index is 1210. The van der Waals surface area contributed by atoms with Gasteiger partial charge in [0.15, 0.2) is 0 Å². The normalized spacial score (nSPS) is 11.7. The second-order valence-corrected chi connectivity index (χ2v) is 6.20. The number of benzene rings is 2. The molecule has 0 unspecified atom stereocenters. The minimum absolute atomic E-state index is 0.343. The van der Waals surface area contributed by atoms with Gasteiger partial charge in [-0.15, -0.1) is 0 Å². The average molecular weight is 381 g/mol. The number of hydrogen-bond acceptors (Lipinski definition) is 2. The van der Waals surface area contributed by atoms with Crippen LogP contribution in [-0.2, 0) is 11.0 Å². The molecule has 0 atom stereocenters. The minimum Gasteiger partial charge on any atom is -0.322 e. The number of amides is 1. The summed E-state index contributed by atoms with van der Waals surface area (Å²) in [5.41, 5.74) is 3.15. The monoisotopic (exact) mass is 381 g/mol. The predicted octanol–water partition coefficient (Wildman–Crippen LogP) is 5.30. The van der Waals surface area contributed by atoms with Gasteiger partial charge in [-0.2, -0.15) is 13.2 Å². The van der Waals surface area contributed by atoms with Crippen molar-refractivity contribution >= 4 is 28.1 Å². The Morgan fingerprint density at radius 1 is 1.07 bits per heavy atom. The van der Waals surface area contributed by atoms with E-state index in [2.05, 4.69) is 16.9 Å². The standard InChI is InChI=1S/C21H14F3N3O/c1-2-19(28)25-15-9-10-17-16(12-15)26-20(18-4-3-11-27(17)18)13-5-7-14(8-6-13)21(22,23)24/h2-12H,1H2,(H,25,28). The summed E-state index contributed by atoms with van der Waals surface area (Å²) >= 11 is 0. The van der Waals surface area contributed by atoms with E-state index < -0.39 is 11.7 Å². The largest absolute Gasteiger partial charge is 0.416 e. The SMILES string of the molecule is C=CC(=O)Nc1ccc2c(c1)nc(-c1ccc(C(F)(F)F)cc1)c1cccn12. The highest BCUT2D eigenvalue weighted by Gasteiger charge is 2.30. The van der Waals surface area contributed by atoms with Crippen LogP contribution < -0.4 is 5.32 Å². The lowest BCUT2D eigenvalue weighted by molar-refractivity contribution is -0.137. The lowest BCUT2D eigenvalue weighted by Gasteiger charge is -2.11. The van der Waals surface area contributed by atoms with Crippen LogP contribution in [0.4, 0.5) is 18.9 Å². The minimum atomic E-state index is -4.39. The van der Waals surface area contributed by atoms with E-state index in [9.17, 15) is 18.0 Å².